The molecule has 0 aliphatic carbocycles. The molecule has 0 bridgehead atoms. The number of amides is 1. The van der Waals surface area contributed by atoms with Crippen LogP contribution in [0.15, 0.2) is 46.4 Å². The number of sulfonamides is 1. The number of hydrazone groups is 1. The van der Waals surface area contributed by atoms with E-state index in [0.29, 0.717) is 22.8 Å². The molecule has 0 atom stereocenters. The number of ether oxygens (including phenoxy) is 3. The van der Waals surface area contributed by atoms with Crippen LogP contribution in [0.2, 0.25) is 5.02 Å². The van der Waals surface area contributed by atoms with Crippen molar-refractivity contribution >= 4 is 33.7 Å². The fourth-order valence-electron chi connectivity index (χ4n) is 2.48. The van der Waals surface area contributed by atoms with Crippen molar-refractivity contribution in [3.05, 3.63) is 47.0 Å². The number of carbonyl (C=O) groups is 1. The Bertz CT molecular complexity index is 1060. The number of likely N-dealkylation sites (N-methyl/N-ethyl adjacent to an activating group) is 1. The van der Waals surface area contributed by atoms with Gasteiger partial charge in [0, 0.05) is 7.05 Å². The maximum atomic E-state index is 12.6. The van der Waals surface area contributed by atoms with Crippen molar-refractivity contribution in [3.8, 4) is 17.2 Å². The Hall–Kier alpha value is -2.82. The van der Waals surface area contributed by atoms with Crippen molar-refractivity contribution in [3.63, 3.8) is 0 Å². The third kappa shape index (κ3) is 4.78. The number of halogens is 1. The number of benzene rings is 2. The molecule has 9 nitrogen and oxygen atoms in total. The minimum absolute atomic E-state index is 0.0533. The van der Waals surface area contributed by atoms with Crippen LogP contribution >= 0.6 is 11.6 Å². The summed E-state index contributed by atoms with van der Waals surface area (Å²) in [5.41, 5.74) is 2.97. The standard InChI is InChI=1S/C18H18ClN3O6S/c1-22(29(24,25)13-4-6-15(26-2)14(19)8-13)10-18(23)21-20-9-12-3-5-16-17(7-12)28-11-27-16/h3-9H,10-11H2,1-2H3,(H,21,23)/b20-9+. The topological polar surface area (TPSA) is 107 Å². The molecule has 0 saturated carbocycles. The highest BCUT2D eigenvalue weighted by molar-refractivity contribution is 7.89. The van der Waals surface area contributed by atoms with Crippen molar-refractivity contribution < 1.29 is 27.4 Å². The molecule has 154 valence electrons. The number of nitrogens with zero attached hydrogens (tertiary/aromatic N) is 2. The maximum absolute atomic E-state index is 12.6. The fourth-order valence-corrected chi connectivity index (χ4v) is 3.96. The Balaban J connectivity index is 1.60. The first-order valence-corrected chi connectivity index (χ1v) is 10.1. The van der Waals surface area contributed by atoms with E-state index in [1.165, 1.54) is 38.6 Å². The molecule has 2 aromatic carbocycles. The lowest BCUT2D eigenvalue weighted by molar-refractivity contribution is -0.121. The quantitative estimate of drug-likeness (QED) is 0.521. The fraction of sp³-hybridized carbons (Fsp3) is 0.222. The van der Waals surface area contributed by atoms with Gasteiger partial charge >= 0.3 is 0 Å². The van der Waals surface area contributed by atoms with Gasteiger partial charge in [-0.3, -0.25) is 4.79 Å². The van der Waals surface area contributed by atoms with E-state index in [1.54, 1.807) is 18.2 Å². The minimum atomic E-state index is -3.92. The first-order valence-electron chi connectivity index (χ1n) is 8.32. The lowest BCUT2D eigenvalue weighted by atomic mass is 10.2. The van der Waals surface area contributed by atoms with Crippen molar-refractivity contribution in [1.29, 1.82) is 0 Å². The number of carbonyl (C=O) groups excluding carboxylic acids is 1. The molecule has 1 amide bonds. The summed E-state index contributed by atoms with van der Waals surface area (Å²) < 4.78 is 41.6. The van der Waals surface area contributed by atoms with Gasteiger partial charge in [0.25, 0.3) is 5.91 Å². The summed E-state index contributed by atoms with van der Waals surface area (Å²) in [6.07, 6.45) is 1.41. The van der Waals surface area contributed by atoms with Gasteiger partial charge in [-0.05, 0) is 42.0 Å². The monoisotopic (exact) mass is 439 g/mol. The number of nitrogens with one attached hydrogen (secondary N) is 1. The van der Waals surface area contributed by atoms with Crippen molar-refractivity contribution in [2.75, 3.05) is 27.5 Å². The number of hydrogen-bond donors (Lipinski definition) is 1. The Morgan fingerprint density at radius 3 is 2.76 bits per heavy atom. The smallest absolute Gasteiger partial charge is 0.255 e. The zero-order valence-electron chi connectivity index (χ0n) is 15.6. The molecule has 0 aromatic heterocycles. The van der Waals surface area contributed by atoms with E-state index in [-0.39, 0.29) is 16.7 Å². The molecule has 0 radical (unpaired) electrons. The second kappa shape index (κ2) is 8.68. The van der Waals surface area contributed by atoms with Gasteiger partial charge in [0.05, 0.1) is 29.8 Å². The molecule has 0 saturated heterocycles. The maximum Gasteiger partial charge on any atom is 0.255 e. The van der Waals surface area contributed by atoms with Crippen LogP contribution in [0.4, 0.5) is 0 Å². The van der Waals surface area contributed by atoms with Crippen molar-refractivity contribution in [2.24, 2.45) is 5.10 Å². The average molecular weight is 440 g/mol. The zero-order valence-corrected chi connectivity index (χ0v) is 17.2. The third-order valence-corrected chi connectivity index (χ3v) is 6.09. The molecule has 1 N–H and O–H groups in total. The molecular formula is C18H18ClN3O6S. The van der Waals surface area contributed by atoms with E-state index in [2.05, 4.69) is 10.5 Å². The first-order chi connectivity index (χ1) is 13.8. The molecule has 0 fully saturated rings. The largest absolute Gasteiger partial charge is 0.495 e. The number of hydrogen-bond acceptors (Lipinski definition) is 7. The Kier molecular flexibility index (Phi) is 6.26. The Morgan fingerprint density at radius 1 is 1.28 bits per heavy atom. The van der Waals surface area contributed by atoms with Crippen LogP contribution in [0.5, 0.6) is 17.2 Å². The van der Waals surface area contributed by atoms with E-state index in [4.69, 9.17) is 25.8 Å². The lowest BCUT2D eigenvalue weighted by Gasteiger charge is -2.16. The second-order valence-electron chi connectivity index (χ2n) is 5.96. The van der Waals surface area contributed by atoms with Gasteiger partial charge in [-0.15, -0.1) is 0 Å². The molecule has 1 aliphatic rings. The number of fused-ring (bicyclic) bond motifs is 1. The van der Waals surface area contributed by atoms with Gasteiger partial charge in [-0.2, -0.15) is 9.41 Å². The van der Waals surface area contributed by atoms with Crippen LogP contribution in [0, 0.1) is 0 Å². The minimum Gasteiger partial charge on any atom is -0.495 e. The molecular weight excluding hydrogens is 422 g/mol. The molecule has 2 aromatic rings. The molecule has 29 heavy (non-hydrogen) atoms. The highest BCUT2D eigenvalue weighted by atomic mass is 35.5. The van der Waals surface area contributed by atoms with Crippen LogP contribution in [-0.2, 0) is 14.8 Å². The number of methoxy groups -OCH3 is 1. The van der Waals surface area contributed by atoms with Crippen LogP contribution in [0.1, 0.15) is 5.56 Å². The molecule has 1 heterocycles. The number of rotatable bonds is 7. The normalized spacial score (nSPS) is 13.1. The van der Waals surface area contributed by atoms with Crippen LogP contribution in [0.3, 0.4) is 0 Å². The van der Waals surface area contributed by atoms with E-state index in [0.717, 1.165) is 4.31 Å². The molecule has 11 heteroatoms. The van der Waals surface area contributed by atoms with Gasteiger partial charge in [0.15, 0.2) is 11.5 Å². The summed E-state index contributed by atoms with van der Waals surface area (Å²) >= 11 is 5.98. The van der Waals surface area contributed by atoms with Gasteiger partial charge in [0.1, 0.15) is 5.75 Å². The van der Waals surface area contributed by atoms with E-state index >= 15 is 0 Å². The zero-order chi connectivity index (χ0) is 21.0. The predicted molar refractivity (Wildman–Crippen MR) is 106 cm³/mol. The summed E-state index contributed by atoms with van der Waals surface area (Å²) in [5.74, 6) is 0.970. The summed E-state index contributed by atoms with van der Waals surface area (Å²) in [4.78, 5) is 12.0. The first kappa shape index (κ1) is 20.9. The highest BCUT2D eigenvalue weighted by Crippen LogP contribution is 2.32. The van der Waals surface area contributed by atoms with E-state index in [9.17, 15) is 13.2 Å². The van der Waals surface area contributed by atoms with Crippen LogP contribution < -0.4 is 19.6 Å². The van der Waals surface area contributed by atoms with Gasteiger partial charge in [-0.25, -0.2) is 13.8 Å². The van der Waals surface area contributed by atoms with Gasteiger partial charge in [-0.1, -0.05) is 11.6 Å². The SMILES string of the molecule is COc1ccc(S(=O)(=O)N(C)CC(=O)N/N=C/c2ccc3c(c2)OCO3)cc1Cl. The summed E-state index contributed by atoms with van der Waals surface area (Å²) in [6.45, 7) is -0.267. The van der Waals surface area contributed by atoms with Crippen molar-refractivity contribution in [1.82, 2.24) is 9.73 Å². The highest BCUT2D eigenvalue weighted by Gasteiger charge is 2.24. The Labute approximate surface area is 172 Å². The van der Waals surface area contributed by atoms with Crippen molar-refractivity contribution in [2.45, 2.75) is 4.90 Å². The third-order valence-electron chi connectivity index (χ3n) is 4.00. The van der Waals surface area contributed by atoms with Gasteiger partial charge < -0.3 is 14.2 Å². The van der Waals surface area contributed by atoms with Crippen LogP contribution in [0.25, 0.3) is 0 Å². The van der Waals surface area contributed by atoms with Gasteiger partial charge in [0.2, 0.25) is 16.8 Å². The summed E-state index contributed by atoms with van der Waals surface area (Å²) in [5, 5.41) is 3.98. The summed E-state index contributed by atoms with van der Waals surface area (Å²) in [7, 11) is -1.20. The predicted octanol–water partition coefficient (Wildman–Crippen LogP) is 1.85. The molecule has 1 aliphatic heterocycles. The van der Waals surface area contributed by atoms with E-state index < -0.39 is 22.5 Å². The lowest BCUT2D eigenvalue weighted by Crippen LogP contribution is -2.36. The molecule has 0 unspecified atom stereocenters. The van der Waals surface area contributed by atoms with Crippen LogP contribution in [-0.4, -0.2) is 52.3 Å². The summed E-state index contributed by atoms with van der Waals surface area (Å²) in [6, 6.07) is 9.24. The Morgan fingerprint density at radius 2 is 2.03 bits per heavy atom. The molecule has 0 spiro atoms. The van der Waals surface area contributed by atoms with E-state index in [1.807, 2.05) is 0 Å². The second-order valence-corrected chi connectivity index (χ2v) is 8.42. The average Bonchev–Trinajstić information content (AvgIpc) is 3.15. The molecule has 3 rings (SSSR count).